The highest BCUT2D eigenvalue weighted by Gasteiger charge is 2.31. The van der Waals surface area contributed by atoms with E-state index >= 15 is 0 Å². The molecule has 1 heterocycles. The summed E-state index contributed by atoms with van der Waals surface area (Å²) < 4.78 is 45.0. The first kappa shape index (κ1) is 16.8. The van der Waals surface area contributed by atoms with E-state index in [1.165, 1.54) is 12.1 Å². The molecule has 0 amide bonds. The minimum absolute atomic E-state index is 0.393. The van der Waals surface area contributed by atoms with Gasteiger partial charge in [-0.2, -0.15) is 13.2 Å². The summed E-state index contributed by atoms with van der Waals surface area (Å²) in [5, 5.41) is 3.32. The topological polar surface area (TPSA) is 21.3 Å². The average molecular weight is 335 g/mol. The summed E-state index contributed by atoms with van der Waals surface area (Å²) in [4.78, 5) is 0. The van der Waals surface area contributed by atoms with E-state index in [2.05, 4.69) is 5.32 Å². The summed E-state index contributed by atoms with van der Waals surface area (Å²) in [5.74, 6) is 0.893. The molecule has 3 rings (SSSR count). The second kappa shape index (κ2) is 7.26. The van der Waals surface area contributed by atoms with Crippen LogP contribution in [0.5, 0.6) is 5.75 Å². The van der Waals surface area contributed by atoms with Crippen LogP contribution in [0.25, 0.3) is 11.1 Å². The van der Waals surface area contributed by atoms with Crippen LogP contribution in [0.2, 0.25) is 0 Å². The fourth-order valence-electron chi connectivity index (χ4n) is 2.95. The Balaban J connectivity index is 1.87. The van der Waals surface area contributed by atoms with Crippen molar-refractivity contribution in [1.29, 1.82) is 0 Å². The van der Waals surface area contributed by atoms with E-state index in [0.29, 0.717) is 23.8 Å². The van der Waals surface area contributed by atoms with Crippen molar-refractivity contribution in [3.05, 3.63) is 54.1 Å². The standard InChI is InChI=1S/C19H20F3NO/c20-19(21,22)16-8-9-18(24-13-14-5-4-10-23-12-14)17(11-16)15-6-2-1-3-7-15/h1-3,6-9,11,14,23H,4-5,10,12-13H2/t14-/m1/s1. The van der Waals surface area contributed by atoms with E-state index in [4.69, 9.17) is 4.74 Å². The molecule has 0 radical (unpaired) electrons. The maximum atomic E-state index is 13.0. The van der Waals surface area contributed by atoms with Crippen molar-refractivity contribution >= 4 is 0 Å². The molecule has 1 aliphatic heterocycles. The SMILES string of the molecule is FC(F)(F)c1ccc(OC[C@@H]2CCCNC2)c(-c2ccccc2)c1. The van der Waals surface area contributed by atoms with Crippen LogP contribution in [0.3, 0.4) is 0 Å². The molecule has 1 saturated heterocycles. The predicted octanol–water partition coefficient (Wildman–Crippen LogP) is 4.75. The Bertz CT molecular complexity index is 664. The van der Waals surface area contributed by atoms with Gasteiger partial charge in [-0.05, 0) is 43.1 Å². The van der Waals surface area contributed by atoms with E-state index in [1.54, 1.807) is 12.1 Å². The number of hydrogen-bond donors (Lipinski definition) is 1. The van der Waals surface area contributed by atoms with Crippen molar-refractivity contribution < 1.29 is 17.9 Å². The van der Waals surface area contributed by atoms with Gasteiger partial charge in [-0.25, -0.2) is 0 Å². The molecule has 24 heavy (non-hydrogen) atoms. The largest absolute Gasteiger partial charge is 0.493 e. The quantitative estimate of drug-likeness (QED) is 0.870. The zero-order valence-corrected chi connectivity index (χ0v) is 13.3. The Morgan fingerprint density at radius 2 is 1.88 bits per heavy atom. The van der Waals surface area contributed by atoms with Gasteiger partial charge in [0.25, 0.3) is 0 Å². The molecule has 2 aromatic rings. The number of halogens is 3. The third-order valence-corrected chi connectivity index (χ3v) is 4.27. The van der Waals surface area contributed by atoms with E-state index in [9.17, 15) is 13.2 Å². The van der Waals surface area contributed by atoms with Gasteiger partial charge >= 0.3 is 6.18 Å². The normalized spacial score (nSPS) is 18.4. The third kappa shape index (κ3) is 4.09. The fraction of sp³-hybridized carbons (Fsp3) is 0.368. The van der Waals surface area contributed by atoms with Crippen molar-refractivity contribution in [3.63, 3.8) is 0 Å². The first-order valence-corrected chi connectivity index (χ1v) is 8.14. The molecular formula is C19H20F3NO. The highest BCUT2D eigenvalue weighted by molar-refractivity contribution is 5.71. The van der Waals surface area contributed by atoms with Crippen LogP contribution in [-0.2, 0) is 6.18 Å². The molecule has 0 unspecified atom stereocenters. The highest BCUT2D eigenvalue weighted by Crippen LogP contribution is 2.37. The van der Waals surface area contributed by atoms with Crippen molar-refractivity contribution in [2.75, 3.05) is 19.7 Å². The fourth-order valence-corrected chi connectivity index (χ4v) is 2.95. The molecule has 0 aliphatic carbocycles. The number of alkyl halides is 3. The van der Waals surface area contributed by atoms with Crippen LogP contribution < -0.4 is 10.1 Å². The molecule has 0 bridgehead atoms. The molecule has 1 N–H and O–H groups in total. The first-order chi connectivity index (χ1) is 11.5. The summed E-state index contributed by atoms with van der Waals surface area (Å²) in [6, 6.07) is 12.7. The zero-order valence-electron chi connectivity index (χ0n) is 13.3. The molecule has 0 saturated carbocycles. The molecule has 1 fully saturated rings. The van der Waals surface area contributed by atoms with Crippen LogP contribution in [-0.4, -0.2) is 19.7 Å². The lowest BCUT2D eigenvalue weighted by atomic mass is 10.00. The van der Waals surface area contributed by atoms with Gasteiger partial charge in [0.1, 0.15) is 5.75 Å². The van der Waals surface area contributed by atoms with Crippen molar-refractivity contribution in [1.82, 2.24) is 5.32 Å². The van der Waals surface area contributed by atoms with Gasteiger partial charge in [-0.3, -0.25) is 0 Å². The summed E-state index contributed by atoms with van der Waals surface area (Å²) >= 11 is 0. The molecule has 2 aromatic carbocycles. The summed E-state index contributed by atoms with van der Waals surface area (Å²) in [7, 11) is 0. The smallest absolute Gasteiger partial charge is 0.416 e. The van der Waals surface area contributed by atoms with Crippen LogP contribution in [0.4, 0.5) is 13.2 Å². The Hall–Kier alpha value is -2.01. The van der Waals surface area contributed by atoms with E-state index in [-0.39, 0.29) is 0 Å². The Morgan fingerprint density at radius 3 is 2.54 bits per heavy atom. The molecule has 0 spiro atoms. The summed E-state index contributed by atoms with van der Waals surface area (Å²) in [6.07, 6.45) is -2.18. The minimum atomic E-state index is -4.37. The van der Waals surface area contributed by atoms with Crippen LogP contribution in [0, 0.1) is 5.92 Å². The second-order valence-corrected chi connectivity index (χ2v) is 6.10. The third-order valence-electron chi connectivity index (χ3n) is 4.27. The number of rotatable bonds is 4. The number of benzene rings is 2. The van der Waals surface area contributed by atoms with E-state index in [0.717, 1.165) is 37.6 Å². The molecule has 2 nitrogen and oxygen atoms in total. The summed E-state index contributed by atoms with van der Waals surface area (Å²) in [6.45, 7) is 2.42. The number of nitrogens with one attached hydrogen (secondary N) is 1. The van der Waals surface area contributed by atoms with Crippen molar-refractivity contribution in [2.45, 2.75) is 19.0 Å². The van der Waals surface area contributed by atoms with Gasteiger partial charge in [0, 0.05) is 18.0 Å². The predicted molar refractivity (Wildman–Crippen MR) is 88.0 cm³/mol. The maximum absolute atomic E-state index is 13.0. The molecule has 5 heteroatoms. The van der Waals surface area contributed by atoms with Gasteiger partial charge in [-0.1, -0.05) is 30.3 Å². The first-order valence-electron chi connectivity index (χ1n) is 8.14. The van der Waals surface area contributed by atoms with E-state index in [1.807, 2.05) is 18.2 Å². The van der Waals surface area contributed by atoms with Gasteiger partial charge in [0.2, 0.25) is 0 Å². The van der Waals surface area contributed by atoms with Crippen LogP contribution in [0.15, 0.2) is 48.5 Å². The Kier molecular flexibility index (Phi) is 5.09. The number of piperidine rings is 1. The van der Waals surface area contributed by atoms with Gasteiger partial charge in [0.15, 0.2) is 0 Å². The highest BCUT2D eigenvalue weighted by atomic mass is 19.4. The lowest BCUT2D eigenvalue weighted by molar-refractivity contribution is -0.137. The summed E-state index contributed by atoms with van der Waals surface area (Å²) in [5.41, 5.74) is 0.544. The average Bonchev–Trinajstić information content (AvgIpc) is 2.61. The van der Waals surface area contributed by atoms with Crippen LogP contribution in [0.1, 0.15) is 18.4 Å². The van der Waals surface area contributed by atoms with Gasteiger partial charge < -0.3 is 10.1 Å². The molecule has 128 valence electrons. The zero-order chi connectivity index (χ0) is 17.0. The van der Waals surface area contributed by atoms with Crippen molar-refractivity contribution in [3.8, 4) is 16.9 Å². The lowest BCUT2D eigenvalue weighted by Crippen LogP contribution is -2.33. The number of hydrogen-bond acceptors (Lipinski definition) is 2. The maximum Gasteiger partial charge on any atom is 0.416 e. The van der Waals surface area contributed by atoms with Crippen molar-refractivity contribution in [2.24, 2.45) is 5.92 Å². The lowest BCUT2D eigenvalue weighted by Gasteiger charge is -2.23. The molecule has 1 aliphatic rings. The molecule has 1 atom stereocenters. The second-order valence-electron chi connectivity index (χ2n) is 6.10. The van der Waals surface area contributed by atoms with Gasteiger partial charge in [-0.15, -0.1) is 0 Å². The Morgan fingerprint density at radius 1 is 1.08 bits per heavy atom. The minimum Gasteiger partial charge on any atom is -0.493 e. The van der Waals surface area contributed by atoms with Crippen LogP contribution >= 0.6 is 0 Å². The van der Waals surface area contributed by atoms with Gasteiger partial charge in [0.05, 0.1) is 12.2 Å². The monoisotopic (exact) mass is 335 g/mol. The molecule has 0 aromatic heterocycles. The van der Waals surface area contributed by atoms with E-state index < -0.39 is 11.7 Å². The number of ether oxygens (including phenoxy) is 1. The Labute approximate surface area is 139 Å². The molecular weight excluding hydrogens is 315 g/mol.